The quantitative estimate of drug-likeness (QED) is 0.156. The maximum Gasteiger partial charge on any atom is 0.250 e. The van der Waals surface area contributed by atoms with Gasteiger partial charge in [0.1, 0.15) is 0 Å². The van der Waals surface area contributed by atoms with Gasteiger partial charge in [-0.3, -0.25) is 0 Å². The molecule has 0 unspecified atom stereocenters. The van der Waals surface area contributed by atoms with Crippen molar-refractivity contribution >= 4 is 58.4 Å². The molecule has 58 heavy (non-hydrogen) atoms. The normalized spacial score (nSPS) is 12.9. The lowest BCUT2D eigenvalue weighted by atomic mass is 9.36. The number of aromatic nitrogens is 2. The van der Waals surface area contributed by atoms with Gasteiger partial charge in [-0.15, -0.1) is 0 Å². The third-order valence-electron chi connectivity index (χ3n) is 11.4. The summed E-state index contributed by atoms with van der Waals surface area (Å²) >= 11 is 5.80. The predicted octanol–water partition coefficient (Wildman–Crippen LogP) is 12.4. The van der Waals surface area contributed by atoms with Crippen LogP contribution in [0.2, 0.25) is 0 Å². The van der Waals surface area contributed by atoms with Crippen LogP contribution in [0.4, 0.5) is 0 Å². The molecule has 0 saturated heterocycles. The Morgan fingerprint density at radius 2 is 0.655 bits per heavy atom. The zero-order valence-corrected chi connectivity index (χ0v) is 33.5. The van der Waals surface area contributed by atoms with Crippen molar-refractivity contribution in [3.8, 4) is 67.3 Å². The average Bonchev–Trinajstić information content (AvgIpc) is 3.29. The van der Waals surface area contributed by atoms with Crippen molar-refractivity contribution in [2.75, 3.05) is 0 Å². The summed E-state index contributed by atoms with van der Waals surface area (Å²) in [5, 5.41) is 0. The van der Waals surface area contributed by atoms with Crippen LogP contribution in [0.15, 0.2) is 217 Å². The minimum Gasteiger partial charge on any atom is -0.228 e. The Balaban J connectivity index is 0.932. The summed E-state index contributed by atoms with van der Waals surface area (Å²) in [5.74, 6) is 0.704. The van der Waals surface area contributed by atoms with E-state index in [0.29, 0.717) is 12.5 Å². The molecule has 2 nitrogen and oxygen atoms in total. The van der Waals surface area contributed by atoms with Gasteiger partial charge >= 0.3 is 0 Å². The average molecular weight is 791 g/mol. The topological polar surface area (TPSA) is 25.8 Å². The zero-order chi connectivity index (χ0) is 38.2. The molecular formula is C52H31BN2S3. The number of rotatable bonds is 6. The third kappa shape index (κ3) is 5.78. The van der Waals surface area contributed by atoms with Crippen LogP contribution in [0.25, 0.3) is 67.3 Å². The van der Waals surface area contributed by atoms with Crippen molar-refractivity contribution in [2.24, 2.45) is 0 Å². The lowest BCUT2D eigenvalue weighted by Crippen LogP contribution is -2.60. The lowest BCUT2D eigenvalue weighted by molar-refractivity contribution is 1.18. The van der Waals surface area contributed by atoms with Gasteiger partial charge < -0.3 is 0 Å². The lowest BCUT2D eigenvalue weighted by Gasteiger charge is -2.38. The Hall–Kier alpha value is -6.05. The monoisotopic (exact) mass is 790 g/mol. The second-order valence-electron chi connectivity index (χ2n) is 14.9. The highest BCUT2D eigenvalue weighted by molar-refractivity contribution is 8.02. The van der Waals surface area contributed by atoms with Gasteiger partial charge in [0.05, 0.1) is 11.4 Å². The molecule has 9 aromatic rings. The summed E-state index contributed by atoms with van der Waals surface area (Å²) in [6.07, 6.45) is 0. The van der Waals surface area contributed by atoms with E-state index in [1.807, 2.05) is 41.4 Å². The first-order valence-electron chi connectivity index (χ1n) is 19.5. The Kier molecular flexibility index (Phi) is 8.10. The van der Waals surface area contributed by atoms with Gasteiger partial charge in [0, 0.05) is 46.1 Å². The summed E-state index contributed by atoms with van der Waals surface area (Å²) in [6, 6.07) is 67.9. The largest absolute Gasteiger partial charge is 0.250 e. The van der Waals surface area contributed by atoms with Crippen LogP contribution < -0.4 is 16.4 Å². The van der Waals surface area contributed by atoms with Crippen LogP contribution in [-0.4, -0.2) is 16.7 Å². The van der Waals surface area contributed by atoms with Gasteiger partial charge in [-0.05, 0) is 110 Å². The van der Waals surface area contributed by atoms with E-state index >= 15 is 0 Å². The van der Waals surface area contributed by atoms with Gasteiger partial charge in [-0.1, -0.05) is 163 Å². The Labute approximate surface area is 351 Å². The molecule has 0 spiro atoms. The van der Waals surface area contributed by atoms with E-state index in [9.17, 15) is 0 Å². The van der Waals surface area contributed by atoms with Crippen molar-refractivity contribution in [1.29, 1.82) is 0 Å². The summed E-state index contributed by atoms with van der Waals surface area (Å²) < 4.78 is 0. The van der Waals surface area contributed by atoms with Gasteiger partial charge in [0.2, 0.25) is 6.71 Å². The number of benzene rings is 8. The molecule has 12 rings (SSSR count). The van der Waals surface area contributed by atoms with E-state index in [0.717, 1.165) is 44.8 Å². The maximum absolute atomic E-state index is 5.23. The molecule has 0 atom stereocenters. The molecule has 1 aromatic heterocycles. The summed E-state index contributed by atoms with van der Waals surface area (Å²) in [7, 11) is 0. The molecule has 6 heteroatoms. The molecule has 3 aliphatic rings. The number of hydrogen-bond donors (Lipinski definition) is 0. The fourth-order valence-corrected chi connectivity index (χ4v) is 12.6. The highest BCUT2D eigenvalue weighted by Crippen LogP contribution is 2.46. The van der Waals surface area contributed by atoms with Gasteiger partial charge in [-0.25, -0.2) is 9.97 Å². The first-order valence-corrected chi connectivity index (χ1v) is 21.9. The smallest absolute Gasteiger partial charge is 0.228 e. The zero-order valence-electron chi connectivity index (χ0n) is 31.1. The molecule has 3 aliphatic heterocycles. The highest BCUT2D eigenvalue weighted by atomic mass is 32.2. The molecule has 0 radical (unpaired) electrons. The minimum absolute atomic E-state index is 0.296. The maximum atomic E-state index is 5.23. The number of nitrogens with zero attached hydrogens (tertiary/aromatic N) is 2. The summed E-state index contributed by atoms with van der Waals surface area (Å²) in [4.78, 5) is 18.7. The second kappa shape index (κ2) is 13.8. The van der Waals surface area contributed by atoms with Gasteiger partial charge in [0.25, 0.3) is 0 Å². The van der Waals surface area contributed by atoms with E-state index < -0.39 is 0 Å². The molecule has 0 amide bonds. The molecule has 0 fully saturated rings. The molecule has 0 N–H and O–H groups in total. The molecular weight excluding hydrogens is 760 g/mol. The van der Waals surface area contributed by atoms with E-state index in [1.54, 1.807) is 0 Å². The molecule has 0 bridgehead atoms. The molecule has 0 saturated carbocycles. The van der Waals surface area contributed by atoms with E-state index in [2.05, 4.69) is 182 Å². The predicted molar refractivity (Wildman–Crippen MR) is 245 cm³/mol. The summed E-state index contributed by atoms with van der Waals surface area (Å²) in [5.41, 5.74) is 16.4. The van der Waals surface area contributed by atoms with Crippen molar-refractivity contribution in [3.63, 3.8) is 0 Å². The van der Waals surface area contributed by atoms with Crippen LogP contribution in [-0.2, 0) is 0 Å². The standard InChI is InChI=1S/C52H31BN2S3/c1-3-12-32(13-4-1)34-16-8-20-38(27-34)42-31-41(33-14-5-2-6-15-33)54-52(55-42)39-21-9-18-36(28-39)35-17-7-19-37(26-35)40-29-47-51-48(30-40)58-46-25-11-23-44-50(46)53(51)49-43(56-44)22-10-24-45(49)57-47/h1-31H. The fourth-order valence-electron chi connectivity index (χ4n) is 8.67. The summed E-state index contributed by atoms with van der Waals surface area (Å²) in [6.45, 7) is 0.296. The van der Waals surface area contributed by atoms with Crippen LogP contribution in [0.5, 0.6) is 0 Å². The molecule has 4 heterocycles. The minimum atomic E-state index is 0.296. The highest BCUT2D eigenvalue weighted by Gasteiger charge is 2.43. The van der Waals surface area contributed by atoms with Gasteiger partial charge in [-0.2, -0.15) is 0 Å². The van der Waals surface area contributed by atoms with Crippen LogP contribution in [0, 0.1) is 0 Å². The Morgan fingerprint density at radius 1 is 0.276 bits per heavy atom. The Morgan fingerprint density at radius 3 is 1.24 bits per heavy atom. The van der Waals surface area contributed by atoms with E-state index in [1.165, 1.54) is 62.5 Å². The van der Waals surface area contributed by atoms with Crippen molar-refractivity contribution < 1.29 is 0 Å². The SMILES string of the molecule is c1ccc(-c2cccc(-c3cc(-c4ccccc4)nc(-c4cccc(-c5cccc(-c6cc7c8c(c6)Sc6cccc9c6B8c6c(cccc6S7)S9)c5)c4)n3)c2)cc1. The van der Waals surface area contributed by atoms with Crippen molar-refractivity contribution in [1.82, 2.24) is 9.97 Å². The first-order chi connectivity index (χ1) is 28.7. The third-order valence-corrected chi connectivity index (χ3v) is 14.8. The van der Waals surface area contributed by atoms with Crippen molar-refractivity contribution in [2.45, 2.75) is 29.4 Å². The van der Waals surface area contributed by atoms with E-state index in [-0.39, 0.29) is 0 Å². The first kappa shape index (κ1) is 34.0. The van der Waals surface area contributed by atoms with Crippen LogP contribution in [0.1, 0.15) is 0 Å². The molecule has 0 aliphatic carbocycles. The fraction of sp³-hybridized carbons (Fsp3) is 0. The van der Waals surface area contributed by atoms with Crippen LogP contribution >= 0.6 is 35.3 Å². The van der Waals surface area contributed by atoms with E-state index in [4.69, 9.17) is 9.97 Å². The molecule has 270 valence electrons. The number of hydrogen-bond acceptors (Lipinski definition) is 5. The van der Waals surface area contributed by atoms with Crippen LogP contribution in [0.3, 0.4) is 0 Å². The Bertz CT molecular complexity index is 3030. The van der Waals surface area contributed by atoms with Crippen molar-refractivity contribution in [3.05, 3.63) is 188 Å². The second-order valence-corrected chi connectivity index (χ2v) is 18.1. The molecule has 8 aromatic carbocycles. The van der Waals surface area contributed by atoms with Gasteiger partial charge in [0.15, 0.2) is 5.82 Å².